The Balaban J connectivity index is 0.00000392. The van der Waals surface area contributed by atoms with E-state index < -0.39 is 0 Å². The van der Waals surface area contributed by atoms with Gasteiger partial charge in [-0.1, -0.05) is 13.0 Å². The summed E-state index contributed by atoms with van der Waals surface area (Å²) < 4.78 is 21.9. The Morgan fingerprint density at radius 3 is 2.11 bits per heavy atom. The first kappa shape index (κ1) is 24.4. The molecule has 2 atom stereocenters. The zero-order valence-corrected chi connectivity index (χ0v) is 18.7. The molecule has 2 unspecified atom stereocenters. The van der Waals surface area contributed by atoms with E-state index in [4.69, 9.17) is 18.9 Å². The van der Waals surface area contributed by atoms with Crippen LogP contribution in [0.2, 0.25) is 0 Å². The van der Waals surface area contributed by atoms with Crippen LogP contribution >= 0.6 is 8.58 Å². The number of benzene rings is 2. The molecule has 5 nitrogen and oxygen atoms in total. The predicted octanol–water partition coefficient (Wildman–Crippen LogP) is 1.46. The molecule has 2 aromatic rings. The molecule has 0 aliphatic carbocycles. The van der Waals surface area contributed by atoms with Crippen LogP contribution in [0.5, 0.6) is 23.0 Å². The standard InChI is InChI=1S/C21H27O5P.Li.H/c1-7-14(3)26-15-8-9-19(13(2)10-15)27-21(22)20-17(24-5)11-16(23-4)12-18(20)25-6;;/h8-12,14,27H,7H2,1-6H3;;/q;+1;-1. The van der Waals surface area contributed by atoms with Gasteiger partial charge in [-0.15, -0.1) is 0 Å². The van der Waals surface area contributed by atoms with Crippen LogP contribution < -0.4 is 43.1 Å². The molecule has 0 saturated carbocycles. The van der Waals surface area contributed by atoms with Gasteiger partial charge < -0.3 is 20.4 Å². The molecule has 0 aliphatic rings. The van der Waals surface area contributed by atoms with Crippen molar-refractivity contribution in [2.75, 3.05) is 21.3 Å². The van der Waals surface area contributed by atoms with Crippen molar-refractivity contribution in [2.24, 2.45) is 0 Å². The molecule has 148 valence electrons. The molecule has 0 N–H and O–H groups in total. The summed E-state index contributed by atoms with van der Waals surface area (Å²) in [4.78, 5) is 13.0. The van der Waals surface area contributed by atoms with Gasteiger partial charge in [0.25, 0.3) is 0 Å². The van der Waals surface area contributed by atoms with Crippen molar-refractivity contribution < 1.29 is 44.0 Å². The number of aryl methyl sites for hydroxylation is 1. The Morgan fingerprint density at radius 2 is 1.64 bits per heavy atom. The number of ether oxygens (including phenoxy) is 4. The van der Waals surface area contributed by atoms with E-state index in [1.54, 1.807) is 19.2 Å². The minimum atomic E-state index is -0.0519. The van der Waals surface area contributed by atoms with E-state index in [9.17, 15) is 4.79 Å². The zero-order chi connectivity index (χ0) is 20.0. The average molecular weight is 398 g/mol. The molecular formula is C21H28LiO5P. The van der Waals surface area contributed by atoms with Crippen molar-refractivity contribution in [3.8, 4) is 23.0 Å². The zero-order valence-electron chi connectivity index (χ0n) is 18.7. The first-order chi connectivity index (χ1) is 12.9. The number of carbonyl (C=O) groups excluding carboxylic acids is 1. The summed E-state index contributed by atoms with van der Waals surface area (Å²) in [5.74, 6) is 2.28. The second-order valence-corrected chi connectivity index (χ2v) is 7.42. The third kappa shape index (κ3) is 5.92. The summed E-state index contributed by atoms with van der Waals surface area (Å²) in [7, 11) is 4.56. The topological polar surface area (TPSA) is 54.0 Å². The Hall–Kier alpha value is -1.66. The van der Waals surface area contributed by atoms with Gasteiger partial charge in [0.15, 0.2) is 5.52 Å². The third-order valence-corrected chi connectivity index (χ3v) is 5.61. The molecule has 2 aromatic carbocycles. The molecule has 0 spiro atoms. The fourth-order valence-electron chi connectivity index (χ4n) is 2.58. The van der Waals surface area contributed by atoms with E-state index in [1.165, 1.54) is 14.2 Å². The van der Waals surface area contributed by atoms with Crippen LogP contribution in [0.3, 0.4) is 0 Å². The minimum Gasteiger partial charge on any atom is -1.00 e. The van der Waals surface area contributed by atoms with Crippen molar-refractivity contribution >= 4 is 19.4 Å². The van der Waals surface area contributed by atoms with Crippen LogP contribution in [0.1, 0.15) is 37.6 Å². The third-order valence-electron chi connectivity index (χ3n) is 4.30. The quantitative estimate of drug-likeness (QED) is 0.473. The smallest absolute Gasteiger partial charge is 1.00 e. The summed E-state index contributed by atoms with van der Waals surface area (Å²) in [5, 5.41) is 0.969. The van der Waals surface area contributed by atoms with E-state index in [0.717, 1.165) is 23.0 Å². The number of rotatable bonds is 9. The molecule has 0 bridgehead atoms. The number of methoxy groups -OCH3 is 3. The van der Waals surface area contributed by atoms with E-state index in [-0.39, 0.29) is 40.5 Å². The van der Waals surface area contributed by atoms with Gasteiger partial charge >= 0.3 is 18.9 Å². The number of hydrogen-bond acceptors (Lipinski definition) is 5. The molecule has 0 amide bonds. The van der Waals surface area contributed by atoms with Gasteiger partial charge in [0.2, 0.25) is 0 Å². The first-order valence-corrected chi connectivity index (χ1v) is 9.82. The second kappa shape index (κ2) is 11.4. The maximum absolute atomic E-state index is 13.0. The van der Waals surface area contributed by atoms with Crippen LogP contribution in [0.4, 0.5) is 0 Å². The fourth-order valence-corrected chi connectivity index (χ4v) is 3.63. The molecule has 0 radical (unpaired) electrons. The van der Waals surface area contributed by atoms with E-state index in [0.29, 0.717) is 22.8 Å². The van der Waals surface area contributed by atoms with Gasteiger partial charge in [0.05, 0.1) is 27.4 Å². The molecule has 0 fully saturated rings. The Morgan fingerprint density at radius 1 is 1.04 bits per heavy atom. The van der Waals surface area contributed by atoms with E-state index in [2.05, 4.69) is 6.92 Å². The average Bonchev–Trinajstić information content (AvgIpc) is 2.68. The van der Waals surface area contributed by atoms with Gasteiger partial charge in [0, 0.05) is 12.1 Å². The molecule has 2 rings (SSSR count). The maximum atomic E-state index is 13.0. The largest absolute Gasteiger partial charge is 1.00 e. The van der Waals surface area contributed by atoms with Gasteiger partial charge in [0.1, 0.15) is 28.6 Å². The van der Waals surface area contributed by atoms with Gasteiger partial charge in [-0.3, -0.25) is 4.79 Å². The molecule has 7 heteroatoms. The van der Waals surface area contributed by atoms with Crippen molar-refractivity contribution in [3.05, 3.63) is 41.5 Å². The normalized spacial score (nSPS) is 11.6. The number of hydrogen-bond donors (Lipinski definition) is 0. The summed E-state index contributed by atoms with van der Waals surface area (Å²) >= 11 is 0. The van der Waals surface area contributed by atoms with Crippen molar-refractivity contribution in [3.63, 3.8) is 0 Å². The van der Waals surface area contributed by atoms with Crippen molar-refractivity contribution in [1.29, 1.82) is 0 Å². The predicted molar refractivity (Wildman–Crippen MR) is 111 cm³/mol. The van der Waals surface area contributed by atoms with Crippen LogP contribution in [0.15, 0.2) is 30.3 Å². The van der Waals surface area contributed by atoms with E-state index >= 15 is 0 Å². The molecule has 0 saturated heterocycles. The van der Waals surface area contributed by atoms with Crippen molar-refractivity contribution in [2.45, 2.75) is 33.3 Å². The van der Waals surface area contributed by atoms with Crippen LogP contribution in [0.25, 0.3) is 0 Å². The Kier molecular flexibility index (Phi) is 9.89. The van der Waals surface area contributed by atoms with Crippen molar-refractivity contribution in [1.82, 2.24) is 0 Å². The molecule has 0 heterocycles. The van der Waals surface area contributed by atoms with Gasteiger partial charge in [-0.2, -0.15) is 0 Å². The molecule has 28 heavy (non-hydrogen) atoms. The van der Waals surface area contributed by atoms with Crippen LogP contribution in [0, 0.1) is 6.92 Å². The Bertz CT molecular complexity index is 791. The molecular weight excluding hydrogens is 370 g/mol. The monoisotopic (exact) mass is 398 g/mol. The summed E-state index contributed by atoms with van der Waals surface area (Å²) in [6.45, 7) is 6.11. The summed E-state index contributed by atoms with van der Waals surface area (Å²) in [6.07, 6.45) is 1.10. The van der Waals surface area contributed by atoms with E-state index in [1.807, 2.05) is 32.0 Å². The first-order valence-electron chi connectivity index (χ1n) is 8.82. The van der Waals surface area contributed by atoms with Crippen LogP contribution in [-0.4, -0.2) is 33.0 Å². The Labute approximate surface area is 182 Å². The van der Waals surface area contributed by atoms with Crippen LogP contribution in [-0.2, 0) is 0 Å². The summed E-state index contributed by atoms with van der Waals surface area (Å²) in [5.41, 5.74) is 1.40. The maximum Gasteiger partial charge on any atom is 1.00 e. The number of carbonyl (C=O) groups is 1. The summed E-state index contributed by atoms with van der Waals surface area (Å²) in [6, 6.07) is 9.22. The SMILES string of the molecule is CCC(C)Oc1ccc(PC(=O)c2c(OC)cc(OC)cc2OC)c(C)c1.[H-].[Li+]. The molecule has 0 aromatic heterocycles. The minimum absolute atomic E-state index is 0. The fraction of sp³-hybridized carbons (Fsp3) is 0.381. The molecule has 0 aliphatic heterocycles. The van der Waals surface area contributed by atoms with Gasteiger partial charge in [-0.05, 0) is 51.8 Å². The second-order valence-electron chi connectivity index (χ2n) is 6.17. The van der Waals surface area contributed by atoms with Gasteiger partial charge in [-0.25, -0.2) is 0 Å².